The summed E-state index contributed by atoms with van der Waals surface area (Å²) in [4.78, 5) is 34.0. The first-order valence-electron chi connectivity index (χ1n) is 4.42. The van der Waals surface area contributed by atoms with Gasteiger partial charge in [0.05, 0.1) is 4.88 Å². The lowest BCUT2D eigenvalue weighted by molar-refractivity contribution is -0.114. The van der Waals surface area contributed by atoms with Crippen molar-refractivity contribution in [2.75, 3.05) is 13.4 Å². The van der Waals surface area contributed by atoms with E-state index in [2.05, 4.69) is 15.3 Å². The van der Waals surface area contributed by atoms with Crippen LogP contribution in [0.15, 0.2) is 22.7 Å². The monoisotopic (exact) mass is 278 g/mol. The van der Waals surface area contributed by atoms with E-state index in [1.54, 1.807) is 17.5 Å². The van der Waals surface area contributed by atoms with Gasteiger partial charge in [-0.25, -0.2) is 0 Å². The summed E-state index contributed by atoms with van der Waals surface area (Å²) >= 11 is 1.27. The van der Waals surface area contributed by atoms with E-state index < -0.39 is 19.8 Å². The van der Waals surface area contributed by atoms with Crippen molar-refractivity contribution in [3.8, 4) is 0 Å². The van der Waals surface area contributed by atoms with Crippen molar-refractivity contribution >= 4 is 30.6 Å². The molecule has 0 spiro atoms. The van der Waals surface area contributed by atoms with Crippen molar-refractivity contribution in [1.82, 2.24) is 5.32 Å². The van der Waals surface area contributed by atoms with E-state index in [1.165, 1.54) is 18.4 Å². The lowest BCUT2D eigenvalue weighted by Crippen LogP contribution is -2.32. The van der Waals surface area contributed by atoms with Crippen LogP contribution in [-0.4, -0.2) is 34.8 Å². The Kier molecular flexibility index (Phi) is 4.83. The molecule has 0 atom stereocenters. The van der Waals surface area contributed by atoms with E-state index >= 15 is 0 Å². The molecule has 0 aliphatic heterocycles. The van der Waals surface area contributed by atoms with Gasteiger partial charge in [0.15, 0.2) is 5.71 Å². The van der Waals surface area contributed by atoms with Crippen LogP contribution in [0.1, 0.15) is 4.88 Å². The van der Waals surface area contributed by atoms with Gasteiger partial charge in [-0.3, -0.25) is 9.36 Å². The van der Waals surface area contributed by atoms with Crippen molar-refractivity contribution < 1.29 is 24.0 Å². The molecule has 1 heterocycles. The molecule has 0 aliphatic carbocycles. The quantitative estimate of drug-likeness (QED) is 0.409. The van der Waals surface area contributed by atoms with Gasteiger partial charge >= 0.3 is 7.60 Å². The molecule has 3 N–H and O–H groups in total. The zero-order valence-electron chi connectivity index (χ0n) is 8.86. The molecule has 9 heteroatoms. The fraction of sp³-hybridized carbons (Fsp3) is 0.250. The summed E-state index contributed by atoms with van der Waals surface area (Å²) in [5, 5.41) is 7.37. The van der Waals surface area contributed by atoms with Gasteiger partial charge in [0.25, 0.3) is 5.91 Å². The molecular formula is C8H11N2O5PS. The Balaban J connectivity index is 2.77. The first-order valence-corrected chi connectivity index (χ1v) is 7.09. The number of thiophene rings is 1. The largest absolute Gasteiger partial charge is 0.398 e. The SMILES string of the molecule is CO/N=C(\C(=O)NCP(=O)(O)O)c1cccs1. The highest BCUT2D eigenvalue weighted by atomic mass is 32.1. The summed E-state index contributed by atoms with van der Waals surface area (Å²) in [6, 6.07) is 3.38. The summed E-state index contributed by atoms with van der Waals surface area (Å²) in [5.74, 6) is -0.697. The second-order valence-electron chi connectivity index (χ2n) is 2.93. The Labute approximate surface area is 101 Å². The fourth-order valence-corrected chi connectivity index (χ4v) is 2.01. The second-order valence-corrected chi connectivity index (χ2v) is 5.52. The summed E-state index contributed by atoms with van der Waals surface area (Å²) in [6.45, 7) is 0. The number of nitrogens with one attached hydrogen (secondary N) is 1. The predicted molar refractivity (Wildman–Crippen MR) is 62.9 cm³/mol. The molecule has 1 rings (SSSR count). The van der Waals surface area contributed by atoms with Gasteiger partial charge in [-0.15, -0.1) is 11.3 Å². The van der Waals surface area contributed by atoms with Crippen LogP contribution in [0.2, 0.25) is 0 Å². The third kappa shape index (κ3) is 4.66. The average Bonchev–Trinajstić information content (AvgIpc) is 2.74. The standard InChI is InChI=1S/C8H11N2O5PS/c1-15-10-7(6-3-2-4-17-6)8(11)9-5-16(12,13)14/h2-4H,5H2,1H3,(H,9,11)(H2,12,13,14)/b10-7-. The Hall–Kier alpha value is -1.21. The van der Waals surface area contributed by atoms with Gasteiger partial charge in [0.1, 0.15) is 13.4 Å². The zero-order chi connectivity index (χ0) is 12.9. The number of hydrogen-bond donors (Lipinski definition) is 3. The Morgan fingerprint density at radius 1 is 1.65 bits per heavy atom. The first kappa shape index (κ1) is 13.9. The van der Waals surface area contributed by atoms with Gasteiger partial charge < -0.3 is 19.9 Å². The highest BCUT2D eigenvalue weighted by molar-refractivity contribution is 7.51. The number of rotatable bonds is 5. The summed E-state index contributed by atoms with van der Waals surface area (Å²) in [6.07, 6.45) is -0.736. The van der Waals surface area contributed by atoms with E-state index in [9.17, 15) is 9.36 Å². The molecule has 0 radical (unpaired) electrons. The predicted octanol–water partition coefficient (Wildman–Crippen LogP) is 0.350. The molecule has 0 saturated heterocycles. The van der Waals surface area contributed by atoms with Crippen LogP contribution in [0.4, 0.5) is 0 Å². The molecule has 0 aromatic carbocycles. The van der Waals surface area contributed by atoms with Crippen molar-refractivity contribution in [3.63, 3.8) is 0 Å². The molecule has 1 aromatic heterocycles. The lowest BCUT2D eigenvalue weighted by Gasteiger charge is -2.07. The minimum atomic E-state index is -4.28. The van der Waals surface area contributed by atoms with Crippen LogP contribution < -0.4 is 5.32 Å². The number of nitrogens with zero attached hydrogens (tertiary/aromatic N) is 1. The van der Waals surface area contributed by atoms with Crippen LogP contribution >= 0.6 is 18.9 Å². The molecule has 94 valence electrons. The smallest absolute Gasteiger partial charge is 0.344 e. The number of hydrogen-bond acceptors (Lipinski definition) is 5. The summed E-state index contributed by atoms with van der Waals surface area (Å²) in [5.41, 5.74) is -0.0176. The van der Waals surface area contributed by atoms with Gasteiger partial charge in [0, 0.05) is 0 Å². The lowest BCUT2D eigenvalue weighted by atomic mass is 10.3. The second kappa shape index (κ2) is 5.92. The van der Waals surface area contributed by atoms with Gasteiger partial charge in [-0.05, 0) is 11.4 Å². The first-order chi connectivity index (χ1) is 7.94. The van der Waals surface area contributed by atoms with Crippen LogP contribution in [0.5, 0.6) is 0 Å². The van der Waals surface area contributed by atoms with E-state index in [0.717, 1.165) is 0 Å². The fourth-order valence-electron chi connectivity index (χ4n) is 0.961. The average molecular weight is 278 g/mol. The molecule has 0 unspecified atom stereocenters. The number of amides is 1. The number of carbonyl (C=O) groups excluding carboxylic acids is 1. The minimum absolute atomic E-state index is 0.0176. The van der Waals surface area contributed by atoms with E-state index in [-0.39, 0.29) is 5.71 Å². The zero-order valence-corrected chi connectivity index (χ0v) is 10.6. The van der Waals surface area contributed by atoms with Crippen molar-refractivity contribution in [3.05, 3.63) is 22.4 Å². The molecule has 0 fully saturated rings. The van der Waals surface area contributed by atoms with Crippen molar-refractivity contribution in [2.24, 2.45) is 5.16 Å². The summed E-state index contributed by atoms with van der Waals surface area (Å²) < 4.78 is 10.6. The minimum Gasteiger partial charge on any atom is -0.398 e. The van der Waals surface area contributed by atoms with Crippen molar-refractivity contribution in [2.45, 2.75) is 0 Å². The Morgan fingerprint density at radius 3 is 2.82 bits per heavy atom. The third-order valence-corrected chi connectivity index (χ3v) is 3.04. The molecule has 1 amide bonds. The van der Waals surface area contributed by atoms with Gasteiger partial charge in [-0.2, -0.15) is 0 Å². The molecule has 17 heavy (non-hydrogen) atoms. The van der Waals surface area contributed by atoms with Gasteiger partial charge in [-0.1, -0.05) is 11.2 Å². The highest BCUT2D eigenvalue weighted by Crippen LogP contribution is 2.31. The molecule has 0 aliphatic rings. The third-order valence-electron chi connectivity index (χ3n) is 1.60. The topological polar surface area (TPSA) is 108 Å². The Bertz CT molecular complexity index is 452. The van der Waals surface area contributed by atoms with Crippen LogP contribution in [0.25, 0.3) is 0 Å². The molecule has 1 aromatic rings. The maximum Gasteiger partial charge on any atom is 0.344 e. The highest BCUT2D eigenvalue weighted by Gasteiger charge is 2.20. The molecule has 7 nitrogen and oxygen atoms in total. The van der Waals surface area contributed by atoms with Gasteiger partial charge in [0.2, 0.25) is 0 Å². The van der Waals surface area contributed by atoms with E-state index in [0.29, 0.717) is 4.88 Å². The maximum atomic E-state index is 11.6. The van der Waals surface area contributed by atoms with E-state index in [1.807, 2.05) is 0 Å². The van der Waals surface area contributed by atoms with Crippen LogP contribution in [0.3, 0.4) is 0 Å². The van der Waals surface area contributed by atoms with Crippen LogP contribution in [-0.2, 0) is 14.2 Å². The molecule has 0 saturated carbocycles. The molecular weight excluding hydrogens is 267 g/mol. The van der Waals surface area contributed by atoms with Crippen molar-refractivity contribution in [1.29, 1.82) is 0 Å². The number of oxime groups is 1. The normalized spacial score (nSPS) is 12.3. The Morgan fingerprint density at radius 2 is 2.35 bits per heavy atom. The molecule has 0 bridgehead atoms. The number of carbonyl (C=O) groups is 1. The van der Waals surface area contributed by atoms with E-state index in [4.69, 9.17) is 9.79 Å². The van der Waals surface area contributed by atoms with Crippen LogP contribution in [0, 0.1) is 0 Å². The summed E-state index contributed by atoms with van der Waals surface area (Å²) in [7, 11) is -3.00. The maximum absolute atomic E-state index is 11.6.